The van der Waals surface area contributed by atoms with Gasteiger partial charge in [-0.25, -0.2) is 0 Å². The van der Waals surface area contributed by atoms with Crippen molar-refractivity contribution >= 4 is 33.8 Å². The molecule has 178 valence electrons. The van der Waals surface area contributed by atoms with Crippen LogP contribution in [0.4, 0.5) is 11.4 Å². The second kappa shape index (κ2) is 10.1. The van der Waals surface area contributed by atoms with E-state index in [-0.39, 0.29) is 5.69 Å². The molecule has 1 aromatic heterocycles. The average Bonchev–Trinajstić information content (AvgIpc) is 3.26. The zero-order valence-electron chi connectivity index (χ0n) is 19.5. The summed E-state index contributed by atoms with van der Waals surface area (Å²) >= 11 is 0. The van der Waals surface area contributed by atoms with Crippen LogP contribution < -0.4 is 14.8 Å². The second-order valence-corrected chi connectivity index (χ2v) is 7.78. The van der Waals surface area contributed by atoms with E-state index < -0.39 is 10.8 Å². The molecule has 0 fully saturated rings. The summed E-state index contributed by atoms with van der Waals surface area (Å²) in [6, 6.07) is 17.2. The number of rotatable bonds is 8. The van der Waals surface area contributed by atoms with Gasteiger partial charge in [-0.2, -0.15) is 0 Å². The number of hydrogen-bond acceptors (Lipinski definition) is 6. The number of amides is 1. The number of furan rings is 1. The molecule has 1 N–H and O–H groups in total. The minimum Gasteiger partial charge on any atom is -0.497 e. The number of benzene rings is 3. The van der Waals surface area contributed by atoms with E-state index in [0.717, 1.165) is 27.8 Å². The highest BCUT2D eigenvalue weighted by atomic mass is 16.6. The van der Waals surface area contributed by atoms with E-state index in [2.05, 4.69) is 5.32 Å². The van der Waals surface area contributed by atoms with Crippen molar-refractivity contribution in [3.63, 3.8) is 0 Å². The van der Waals surface area contributed by atoms with Crippen LogP contribution in [-0.4, -0.2) is 24.5 Å². The molecule has 4 rings (SSSR count). The molecule has 8 nitrogen and oxygen atoms in total. The first kappa shape index (κ1) is 23.6. The van der Waals surface area contributed by atoms with Gasteiger partial charge in [0, 0.05) is 46.5 Å². The molecule has 0 saturated heterocycles. The molecule has 0 spiro atoms. The smallest absolute Gasteiger partial charge is 0.271 e. The third-order valence-corrected chi connectivity index (χ3v) is 5.45. The van der Waals surface area contributed by atoms with Crippen molar-refractivity contribution in [1.82, 2.24) is 0 Å². The molecular weight excluding hydrogens is 448 g/mol. The molecule has 0 radical (unpaired) electrons. The Morgan fingerprint density at radius 1 is 1.14 bits per heavy atom. The number of nitro benzene ring substituents is 1. The topological polar surface area (TPSA) is 104 Å². The van der Waals surface area contributed by atoms with Crippen LogP contribution in [0.5, 0.6) is 11.5 Å². The first-order chi connectivity index (χ1) is 16.9. The number of carbonyl (C=O) groups is 1. The fourth-order valence-corrected chi connectivity index (χ4v) is 3.80. The maximum absolute atomic E-state index is 12.7. The van der Waals surface area contributed by atoms with E-state index in [9.17, 15) is 14.9 Å². The van der Waals surface area contributed by atoms with Crippen molar-refractivity contribution in [3.05, 3.63) is 88.7 Å². The molecule has 8 heteroatoms. The predicted octanol–water partition coefficient (Wildman–Crippen LogP) is 6.46. The summed E-state index contributed by atoms with van der Waals surface area (Å²) in [7, 11) is 1.62. The van der Waals surface area contributed by atoms with Crippen molar-refractivity contribution in [2.24, 2.45) is 0 Å². The molecule has 35 heavy (non-hydrogen) atoms. The van der Waals surface area contributed by atoms with E-state index in [1.165, 1.54) is 24.3 Å². The van der Waals surface area contributed by atoms with Gasteiger partial charge in [0.2, 0.25) is 5.91 Å². The maximum atomic E-state index is 12.7. The summed E-state index contributed by atoms with van der Waals surface area (Å²) in [5, 5.41) is 14.5. The zero-order chi connectivity index (χ0) is 24.9. The van der Waals surface area contributed by atoms with Crippen molar-refractivity contribution in [3.8, 4) is 22.6 Å². The summed E-state index contributed by atoms with van der Waals surface area (Å²) in [6.45, 7) is 4.13. The third-order valence-electron chi connectivity index (χ3n) is 5.45. The standard InChI is InChI=1S/C27H24N2O6/c1-4-34-25-15-26-23(24(16-35-26)18-7-5-10-21(12-18)33-3)14-22(25)17(2)11-27(30)28-19-8-6-9-20(13-19)29(31)32/h5-16H,4H2,1-3H3,(H,28,30)/b17-11+. The monoisotopic (exact) mass is 472 g/mol. The number of fused-ring (bicyclic) bond motifs is 1. The van der Waals surface area contributed by atoms with Gasteiger partial charge in [-0.15, -0.1) is 0 Å². The number of carbonyl (C=O) groups excluding carboxylic acids is 1. The Bertz CT molecular complexity index is 1440. The highest BCUT2D eigenvalue weighted by Gasteiger charge is 2.16. The van der Waals surface area contributed by atoms with Gasteiger partial charge >= 0.3 is 0 Å². The number of hydrogen-bond donors (Lipinski definition) is 1. The summed E-state index contributed by atoms with van der Waals surface area (Å²) in [4.78, 5) is 23.2. The van der Waals surface area contributed by atoms with E-state index >= 15 is 0 Å². The average molecular weight is 472 g/mol. The van der Waals surface area contributed by atoms with E-state index in [1.807, 2.05) is 50.2 Å². The molecule has 0 bridgehead atoms. The largest absolute Gasteiger partial charge is 0.497 e. The Morgan fingerprint density at radius 2 is 1.94 bits per heavy atom. The molecule has 0 aliphatic carbocycles. The predicted molar refractivity (Wildman–Crippen MR) is 135 cm³/mol. The van der Waals surface area contributed by atoms with Gasteiger partial charge in [-0.05, 0) is 49.2 Å². The van der Waals surface area contributed by atoms with Crippen molar-refractivity contribution in [2.45, 2.75) is 13.8 Å². The maximum Gasteiger partial charge on any atom is 0.271 e. The lowest BCUT2D eigenvalue weighted by atomic mass is 9.99. The van der Waals surface area contributed by atoms with Gasteiger partial charge in [0.1, 0.15) is 17.1 Å². The first-order valence-corrected chi connectivity index (χ1v) is 11.0. The molecule has 0 aliphatic heterocycles. The fourth-order valence-electron chi connectivity index (χ4n) is 3.80. The number of nitrogens with zero attached hydrogens (tertiary/aromatic N) is 1. The van der Waals surface area contributed by atoms with Gasteiger partial charge in [-0.3, -0.25) is 14.9 Å². The highest BCUT2D eigenvalue weighted by molar-refractivity contribution is 6.05. The van der Waals surface area contributed by atoms with Crippen LogP contribution in [0.3, 0.4) is 0 Å². The van der Waals surface area contributed by atoms with Crippen LogP contribution in [0, 0.1) is 10.1 Å². The molecule has 4 aromatic rings. The summed E-state index contributed by atoms with van der Waals surface area (Å²) < 4.78 is 17.0. The van der Waals surface area contributed by atoms with Crippen LogP contribution >= 0.6 is 0 Å². The Kier molecular flexibility index (Phi) is 6.82. The SMILES string of the molecule is CCOc1cc2occ(-c3cccc(OC)c3)c2cc1/C(C)=C/C(=O)Nc1cccc([N+](=O)[O-])c1. The number of nitrogens with one attached hydrogen (secondary N) is 1. The van der Waals surface area contributed by atoms with Gasteiger partial charge in [0.25, 0.3) is 5.69 Å². The third kappa shape index (κ3) is 5.16. The van der Waals surface area contributed by atoms with Crippen LogP contribution in [0.25, 0.3) is 27.7 Å². The minimum atomic E-state index is -0.509. The molecule has 3 aromatic carbocycles. The normalized spacial score (nSPS) is 11.3. The molecule has 0 unspecified atom stereocenters. The quantitative estimate of drug-likeness (QED) is 0.179. The number of ether oxygens (including phenoxy) is 2. The Hall–Kier alpha value is -4.59. The Morgan fingerprint density at radius 3 is 2.69 bits per heavy atom. The fraction of sp³-hybridized carbons (Fsp3) is 0.148. The van der Waals surface area contributed by atoms with Crippen LogP contribution in [-0.2, 0) is 4.79 Å². The lowest BCUT2D eigenvalue weighted by Gasteiger charge is -2.12. The number of anilines is 1. The number of nitro groups is 1. The van der Waals surface area contributed by atoms with E-state index in [0.29, 0.717) is 29.2 Å². The van der Waals surface area contributed by atoms with E-state index in [4.69, 9.17) is 13.9 Å². The van der Waals surface area contributed by atoms with Crippen LogP contribution in [0.15, 0.2) is 77.4 Å². The molecule has 0 saturated carbocycles. The van der Waals surface area contributed by atoms with Gasteiger partial charge < -0.3 is 19.2 Å². The van der Waals surface area contributed by atoms with Crippen LogP contribution in [0.1, 0.15) is 19.4 Å². The summed E-state index contributed by atoms with van der Waals surface area (Å²) in [6.07, 6.45) is 3.13. The number of methoxy groups -OCH3 is 1. The number of allylic oxidation sites excluding steroid dienone is 1. The Labute approximate surface area is 201 Å². The van der Waals surface area contributed by atoms with Gasteiger partial charge in [0.05, 0.1) is 24.9 Å². The highest BCUT2D eigenvalue weighted by Crippen LogP contribution is 2.38. The molecule has 1 amide bonds. The first-order valence-electron chi connectivity index (χ1n) is 11.0. The van der Waals surface area contributed by atoms with Gasteiger partial charge in [-0.1, -0.05) is 18.2 Å². The lowest BCUT2D eigenvalue weighted by molar-refractivity contribution is -0.384. The van der Waals surface area contributed by atoms with Crippen LogP contribution in [0.2, 0.25) is 0 Å². The Balaban J connectivity index is 1.71. The number of non-ortho nitro benzene ring substituents is 1. The van der Waals surface area contributed by atoms with Crippen molar-refractivity contribution in [1.29, 1.82) is 0 Å². The van der Waals surface area contributed by atoms with Crippen molar-refractivity contribution in [2.75, 3.05) is 19.0 Å². The molecule has 0 aliphatic rings. The van der Waals surface area contributed by atoms with E-state index in [1.54, 1.807) is 19.4 Å². The molecule has 1 heterocycles. The molecular formula is C27H24N2O6. The lowest BCUT2D eigenvalue weighted by Crippen LogP contribution is -2.09. The second-order valence-electron chi connectivity index (χ2n) is 7.78. The van der Waals surface area contributed by atoms with Crippen molar-refractivity contribution < 1.29 is 23.6 Å². The summed E-state index contributed by atoms with van der Waals surface area (Å²) in [5.41, 5.74) is 4.11. The molecule has 0 atom stereocenters. The minimum absolute atomic E-state index is 0.0994. The summed E-state index contributed by atoms with van der Waals surface area (Å²) in [5.74, 6) is 0.908. The van der Waals surface area contributed by atoms with Gasteiger partial charge in [0.15, 0.2) is 0 Å². The zero-order valence-corrected chi connectivity index (χ0v) is 19.5.